The van der Waals surface area contributed by atoms with E-state index in [4.69, 9.17) is 4.74 Å². The first-order chi connectivity index (χ1) is 10.8. The van der Waals surface area contributed by atoms with Gasteiger partial charge in [0.2, 0.25) is 0 Å². The summed E-state index contributed by atoms with van der Waals surface area (Å²) in [7, 11) is 0. The lowest BCUT2D eigenvalue weighted by Crippen LogP contribution is -2.48. The van der Waals surface area contributed by atoms with E-state index in [1.165, 1.54) is 12.1 Å². The molecule has 0 aliphatic carbocycles. The minimum Gasteiger partial charge on any atom is -0.459 e. The van der Waals surface area contributed by atoms with Gasteiger partial charge in [-0.2, -0.15) is 0 Å². The fourth-order valence-electron chi connectivity index (χ4n) is 2.46. The maximum absolute atomic E-state index is 14.0. The van der Waals surface area contributed by atoms with Gasteiger partial charge in [-0.15, -0.1) is 0 Å². The van der Waals surface area contributed by atoms with E-state index < -0.39 is 29.2 Å². The Bertz CT molecular complexity index is 597. The van der Waals surface area contributed by atoms with E-state index in [2.05, 4.69) is 4.99 Å². The number of ether oxygens (including phenoxy) is 1. The van der Waals surface area contributed by atoms with Gasteiger partial charge in [-0.05, 0) is 32.4 Å². The number of aliphatic imine (C=N–C) groups is 1. The molecule has 0 spiro atoms. The lowest BCUT2D eigenvalue weighted by molar-refractivity contribution is -0.161. The standard InChI is InChI=1S/C17H22F2N2O2/c1-17(2,3)23-16(22)14(21-9-7-20-8-10-21)11-12-5-4-6-13(18)15(12)19/h4-7,14H,8-11H2,1-3H3/t14-/m0/s1. The number of hydrogen-bond donors (Lipinski definition) is 0. The second kappa shape index (κ2) is 7.17. The molecule has 4 nitrogen and oxygen atoms in total. The first-order valence-corrected chi connectivity index (χ1v) is 7.66. The molecular formula is C17H22F2N2O2. The molecule has 23 heavy (non-hydrogen) atoms. The molecule has 1 aliphatic heterocycles. The molecule has 0 aromatic heterocycles. The lowest BCUT2D eigenvalue weighted by Gasteiger charge is -2.32. The Morgan fingerprint density at radius 1 is 1.39 bits per heavy atom. The number of nitrogens with zero attached hydrogens (tertiary/aromatic N) is 2. The zero-order valence-electron chi connectivity index (χ0n) is 13.7. The van der Waals surface area contributed by atoms with Crippen molar-refractivity contribution < 1.29 is 18.3 Å². The third-order valence-electron chi connectivity index (χ3n) is 3.53. The highest BCUT2D eigenvalue weighted by Gasteiger charge is 2.31. The summed E-state index contributed by atoms with van der Waals surface area (Å²) in [4.78, 5) is 18.5. The quantitative estimate of drug-likeness (QED) is 0.800. The van der Waals surface area contributed by atoms with Crippen molar-refractivity contribution in [3.63, 3.8) is 0 Å². The van der Waals surface area contributed by atoms with E-state index in [9.17, 15) is 13.6 Å². The molecule has 0 saturated carbocycles. The van der Waals surface area contributed by atoms with Gasteiger partial charge in [-0.3, -0.25) is 14.7 Å². The number of carbonyl (C=O) groups excluding carboxylic acids is 1. The molecule has 1 aromatic carbocycles. The summed E-state index contributed by atoms with van der Waals surface area (Å²) in [6.45, 7) is 6.98. The Balaban J connectivity index is 2.24. The van der Waals surface area contributed by atoms with Gasteiger partial charge in [0, 0.05) is 25.7 Å². The highest BCUT2D eigenvalue weighted by Crippen LogP contribution is 2.19. The molecule has 126 valence electrons. The Hall–Kier alpha value is -1.82. The third kappa shape index (κ3) is 4.82. The normalized spacial score (nSPS) is 17.1. The monoisotopic (exact) mass is 324 g/mol. The maximum atomic E-state index is 14.0. The van der Waals surface area contributed by atoms with Crippen LogP contribution in [-0.2, 0) is 16.0 Å². The highest BCUT2D eigenvalue weighted by atomic mass is 19.2. The van der Waals surface area contributed by atoms with Crippen LogP contribution in [0.25, 0.3) is 0 Å². The lowest BCUT2D eigenvalue weighted by atomic mass is 10.0. The topological polar surface area (TPSA) is 41.9 Å². The average Bonchev–Trinajstić information content (AvgIpc) is 2.48. The van der Waals surface area contributed by atoms with Crippen molar-refractivity contribution in [1.82, 2.24) is 4.90 Å². The van der Waals surface area contributed by atoms with E-state index in [1.807, 2.05) is 4.90 Å². The molecule has 1 heterocycles. The van der Waals surface area contributed by atoms with E-state index in [-0.39, 0.29) is 12.0 Å². The van der Waals surface area contributed by atoms with E-state index in [1.54, 1.807) is 27.0 Å². The van der Waals surface area contributed by atoms with Gasteiger partial charge in [0.1, 0.15) is 11.6 Å². The van der Waals surface area contributed by atoms with E-state index >= 15 is 0 Å². The molecule has 0 bridgehead atoms. The maximum Gasteiger partial charge on any atom is 0.324 e. The molecule has 0 fully saturated rings. The number of carbonyl (C=O) groups is 1. The SMILES string of the molecule is CC(C)(C)OC(=O)[C@H](Cc1cccc(F)c1F)N1CC=NCC1. The van der Waals surface area contributed by atoms with Crippen LogP contribution >= 0.6 is 0 Å². The van der Waals surface area contributed by atoms with Crippen molar-refractivity contribution in [3.05, 3.63) is 35.4 Å². The van der Waals surface area contributed by atoms with Crippen LogP contribution in [0.2, 0.25) is 0 Å². The summed E-state index contributed by atoms with van der Waals surface area (Å²) in [6, 6.07) is 3.33. The minimum atomic E-state index is -0.911. The minimum absolute atomic E-state index is 0.0619. The summed E-state index contributed by atoms with van der Waals surface area (Å²) in [5, 5.41) is 0. The van der Waals surface area contributed by atoms with Crippen molar-refractivity contribution in [3.8, 4) is 0 Å². The predicted octanol–water partition coefficient (Wildman–Crippen LogP) is 2.60. The molecule has 0 amide bonds. The molecule has 2 rings (SSSR count). The van der Waals surface area contributed by atoms with Gasteiger partial charge in [0.15, 0.2) is 11.6 Å². The second-order valence-electron chi connectivity index (χ2n) is 6.55. The Morgan fingerprint density at radius 3 is 2.74 bits per heavy atom. The zero-order chi connectivity index (χ0) is 17.0. The zero-order valence-corrected chi connectivity index (χ0v) is 13.7. The highest BCUT2D eigenvalue weighted by molar-refractivity contribution is 5.77. The number of esters is 1. The first-order valence-electron chi connectivity index (χ1n) is 7.66. The van der Waals surface area contributed by atoms with Crippen LogP contribution in [0, 0.1) is 11.6 Å². The van der Waals surface area contributed by atoms with Crippen LogP contribution in [-0.4, -0.2) is 48.4 Å². The number of benzene rings is 1. The summed E-state index contributed by atoms with van der Waals surface area (Å²) < 4.78 is 32.8. The van der Waals surface area contributed by atoms with Crippen LogP contribution in [0.3, 0.4) is 0 Å². The fraction of sp³-hybridized carbons (Fsp3) is 0.529. The van der Waals surface area contributed by atoms with Crippen LogP contribution in [0.4, 0.5) is 8.78 Å². The third-order valence-corrected chi connectivity index (χ3v) is 3.53. The molecule has 0 saturated heterocycles. The number of halogens is 2. The molecule has 0 N–H and O–H groups in total. The smallest absolute Gasteiger partial charge is 0.324 e. The molecule has 1 aromatic rings. The summed E-state index contributed by atoms with van der Waals surface area (Å²) in [5.74, 6) is -2.26. The second-order valence-corrected chi connectivity index (χ2v) is 6.55. The van der Waals surface area contributed by atoms with E-state index in [0.29, 0.717) is 19.6 Å². The van der Waals surface area contributed by atoms with Gasteiger partial charge in [0.25, 0.3) is 0 Å². The molecule has 0 unspecified atom stereocenters. The largest absolute Gasteiger partial charge is 0.459 e. The van der Waals surface area contributed by atoms with Gasteiger partial charge in [0.05, 0.1) is 6.54 Å². The van der Waals surface area contributed by atoms with Crippen LogP contribution in [0.5, 0.6) is 0 Å². The van der Waals surface area contributed by atoms with Crippen molar-refractivity contribution in [2.24, 2.45) is 4.99 Å². The molecule has 6 heteroatoms. The summed E-state index contributed by atoms with van der Waals surface area (Å²) >= 11 is 0. The average molecular weight is 324 g/mol. The molecular weight excluding hydrogens is 302 g/mol. The van der Waals surface area contributed by atoms with Crippen LogP contribution in [0.1, 0.15) is 26.3 Å². The number of hydrogen-bond acceptors (Lipinski definition) is 4. The predicted molar refractivity (Wildman–Crippen MR) is 84.6 cm³/mol. The molecule has 1 atom stereocenters. The Labute approximate surface area is 135 Å². The van der Waals surface area contributed by atoms with Gasteiger partial charge in [-0.25, -0.2) is 8.78 Å². The van der Waals surface area contributed by atoms with Crippen LogP contribution in [0.15, 0.2) is 23.2 Å². The van der Waals surface area contributed by atoms with Crippen molar-refractivity contribution in [2.75, 3.05) is 19.6 Å². The van der Waals surface area contributed by atoms with Gasteiger partial charge < -0.3 is 4.74 Å². The Kier molecular flexibility index (Phi) is 5.46. The molecule has 1 aliphatic rings. The van der Waals surface area contributed by atoms with Crippen molar-refractivity contribution in [1.29, 1.82) is 0 Å². The Morgan fingerprint density at radius 2 is 2.13 bits per heavy atom. The first kappa shape index (κ1) is 17.5. The van der Waals surface area contributed by atoms with Crippen molar-refractivity contribution >= 4 is 12.2 Å². The summed E-state index contributed by atoms with van der Waals surface area (Å²) in [6.07, 6.45) is 1.79. The van der Waals surface area contributed by atoms with Gasteiger partial charge >= 0.3 is 5.97 Å². The number of rotatable bonds is 4. The summed E-state index contributed by atoms with van der Waals surface area (Å²) in [5.41, 5.74) is -0.469. The van der Waals surface area contributed by atoms with Gasteiger partial charge in [-0.1, -0.05) is 12.1 Å². The molecule has 0 radical (unpaired) electrons. The fourth-order valence-corrected chi connectivity index (χ4v) is 2.46. The van der Waals surface area contributed by atoms with Crippen LogP contribution < -0.4 is 0 Å². The van der Waals surface area contributed by atoms with Crippen molar-refractivity contribution in [2.45, 2.75) is 38.8 Å². The van der Waals surface area contributed by atoms with E-state index in [0.717, 1.165) is 6.07 Å².